The summed E-state index contributed by atoms with van der Waals surface area (Å²) in [6.45, 7) is 1.26. The molecule has 0 aliphatic rings. The van der Waals surface area contributed by atoms with Gasteiger partial charge >= 0.3 is 5.97 Å². The Labute approximate surface area is 153 Å². The van der Waals surface area contributed by atoms with Crippen molar-refractivity contribution < 1.29 is 24.0 Å². The van der Waals surface area contributed by atoms with Gasteiger partial charge in [0.05, 0.1) is 0 Å². The molecule has 1 heterocycles. The van der Waals surface area contributed by atoms with E-state index in [1.54, 1.807) is 19.1 Å². The van der Waals surface area contributed by atoms with E-state index in [2.05, 4.69) is 15.5 Å². The molecule has 1 aromatic heterocycles. The van der Waals surface area contributed by atoms with Crippen LogP contribution in [0.5, 0.6) is 0 Å². The Kier molecular flexibility index (Phi) is 6.74. The molecule has 1 atom stereocenters. The van der Waals surface area contributed by atoms with Crippen molar-refractivity contribution in [2.24, 2.45) is 0 Å². The van der Waals surface area contributed by atoms with E-state index in [0.717, 1.165) is 0 Å². The van der Waals surface area contributed by atoms with E-state index in [1.807, 2.05) is 0 Å². The number of aliphatic carboxylic acids is 1. The van der Waals surface area contributed by atoms with Crippen LogP contribution in [0.2, 0.25) is 10.0 Å². The van der Waals surface area contributed by atoms with Crippen LogP contribution in [0.25, 0.3) is 0 Å². The monoisotopic (exact) mass is 387 g/mol. The average molecular weight is 388 g/mol. The number of halogens is 2. The maximum absolute atomic E-state index is 11.9. The summed E-state index contributed by atoms with van der Waals surface area (Å²) in [5.74, 6) is -1.09. The van der Waals surface area contributed by atoms with Crippen LogP contribution >= 0.6 is 23.2 Å². The smallest absolute Gasteiger partial charge is 0.326 e. The second-order valence-corrected chi connectivity index (χ2v) is 6.04. The lowest BCUT2D eigenvalue weighted by atomic mass is 10.1. The Balaban J connectivity index is 1.87. The summed E-state index contributed by atoms with van der Waals surface area (Å²) in [5.41, 5.74) is 0.590. The first-order valence-corrected chi connectivity index (χ1v) is 7.93. The molecule has 1 amide bonds. The Bertz CT molecular complexity index is 745. The topological polar surface area (TPSA) is 115 Å². The maximum atomic E-state index is 11.9. The molecular weight excluding hydrogens is 373 g/mol. The molecule has 8 nitrogen and oxygen atoms in total. The quantitative estimate of drug-likeness (QED) is 0.711. The maximum Gasteiger partial charge on any atom is 0.326 e. The van der Waals surface area contributed by atoms with Crippen LogP contribution in [0.3, 0.4) is 0 Å². The number of carboxylic acids is 1. The zero-order valence-corrected chi connectivity index (χ0v) is 14.7. The second-order valence-electron chi connectivity index (χ2n) is 5.17. The Morgan fingerprint density at radius 2 is 2.00 bits per heavy atom. The van der Waals surface area contributed by atoms with Crippen LogP contribution in [-0.4, -0.2) is 39.8 Å². The predicted molar refractivity (Wildman–Crippen MR) is 88.4 cm³/mol. The molecule has 1 aromatic carbocycles. The van der Waals surface area contributed by atoms with Gasteiger partial charge in [-0.2, -0.15) is 4.98 Å². The van der Waals surface area contributed by atoms with Crippen LogP contribution < -0.4 is 5.32 Å². The van der Waals surface area contributed by atoms with E-state index >= 15 is 0 Å². The molecule has 0 bridgehead atoms. The molecule has 0 saturated carbocycles. The lowest BCUT2D eigenvalue weighted by Gasteiger charge is -2.15. The molecule has 2 N–H and O–H groups in total. The first-order chi connectivity index (χ1) is 11.8. The summed E-state index contributed by atoms with van der Waals surface area (Å²) in [6.07, 6.45) is 0.0320. The number of ether oxygens (including phenoxy) is 1. The fourth-order valence-corrected chi connectivity index (χ4v) is 2.60. The van der Waals surface area contributed by atoms with Gasteiger partial charge < -0.3 is 19.7 Å². The van der Waals surface area contributed by atoms with Gasteiger partial charge in [-0.05, 0) is 30.7 Å². The van der Waals surface area contributed by atoms with Gasteiger partial charge in [0.25, 0.3) is 5.89 Å². The highest BCUT2D eigenvalue weighted by atomic mass is 35.5. The highest BCUT2D eigenvalue weighted by Gasteiger charge is 2.21. The van der Waals surface area contributed by atoms with Crippen LogP contribution in [0.15, 0.2) is 22.7 Å². The van der Waals surface area contributed by atoms with Crippen molar-refractivity contribution in [2.75, 3.05) is 6.61 Å². The highest BCUT2D eigenvalue weighted by Crippen LogP contribution is 2.20. The number of nitrogens with one attached hydrogen (secondary N) is 1. The van der Waals surface area contributed by atoms with Crippen molar-refractivity contribution in [1.82, 2.24) is 15.5 Å². The van der Waals surface area contributed by atoms with Gasteiger partial charge in [-0.25, -0.2) is 4.79 Å². The average Bonchev–Trinajstić information content (AvgIpc) is 2.91. The summed E-state index contributed by atoms with van der Waals surface area (Å²) < 4.78 is 9.95. The number of hydrogen-bond donors (Lipinski definition) is 2. The number of nitrogens with zero attached hydrogens (tertiary/aromatic N) is 2. The van der Waals surface area contributed by atoms with Crippen LogP contribution in [0.4, 0.5) is 0 Å². The molecule has 0 radical (unpaired) electrons. The van der Waals surface area contributed by atoms with Crippen LogP contribution in [0.1, 0.15) is 17.3 Å². The molecule has 0 aliphatic heterocycles. The minimum Gasteiger partial charge on any atom is -0.480 e. The van der Waals surface area contributed by atoms with Crippen molar-refractivity contribution >= 4 is 35.1 Å². The molecule has 2 rings (SSSR count). The lowest BCUT2D eigenvalue weighted by molar-refractivity contribution is -0.142. The Morgan fingerprint density at radius 3 is 2.56 bits per heavy atom. The number of carbonyl (C=O) groups is 2. The SMILES string of the molecule is Cc1noc(COCC(=O)NC(Cc2cc(Cl)cc(Cl)c2)C(=O)O)n1. The zero-order chi connectivity index (χ0) is 18.4. The van der Waals surface area contributed by atoms with Crippen molar-refractivity contribution in [1.29, 1.82) is 0 Å². The molecule has 134 valence electrons. The number of carbonyl (C=O) groups excluding carboxylic acids is 1. The van der Waals surface area contributed by atoms with Crippen molar-refractivity contribution in [3.05, 3.63) is 45.5 Å². The summed E-state index contributed by atoms with van der Waals surface area (Å²) in [6, 6.07) is 3.57. The molecule has 0 fully saturated rings. The van der Waals surface area contributed by atoms with Gasteiger partial charge in [0.2, 0.25) is 5.91 Å². The largest absolute Gasteiger partial charge is 0.480 e. The Morgan fingerprint density at radius 1 is 1.32 bits per heavy atom. The van der Waals surface area contributed by atoms with Crippen molar-refractivity contribution in [2.45, 2.75) is 26.0 Å². The number of aryl methyl sites for hydroxylation is 1. The summed E-state index contributed by atoms with van der Waals surface area (Å²) >= 11 is 11.8. The summed E-state index contributed by atoms with van der Waals surface area (Å²) in [5, 5.41) is 16.0. The van der Waals surface area contributed by atoms with Gasteiger partial charge in [0.1, 0.15) is 19.3 Å². The normalized spacial score (nSPS) is 12.0. The minimum absolute atomic E-state index is 0.0320. The number of aromatic nitrogens is 2. The van der Waals surface area contributed by atoms with E-state index in [1.165, 1.54) is 6.07 Å². The molecule has 0 saturated heterocycles. The number of benzene rings is 1. The molecule has 1 unspecified atom stereocenters. The van der Waals surface area contributed by atoms with E-state index in [-0.39, 0.29) is 25.5 Å². The number of amides is 1. The van der Waals surface area contributed by atoms with Crippen LogP contribution in [0, 0.1) is 6.92 Å². The number of rotatable bonds is 8. The van der Waals surface area contributed by atoms with Gasteiger partial charge in [0.15, 0.2) is 5.82 Å². The zero-order valence-electron chi connectivity index (χ0n) is 13.2. The van der Waals surface area contributed by atoms with Gasteiger partial charge in [-0.15, -0.1) is 0 Å². The van der Waals surface area contributed by atoms with Crippen molar-refractivity contribution in [3.63, 3.8) is 0 Å². The van der Waals surface area contributed by atoms with E-state index in [9.17, 15) is 14.7 Å². The molecule has 0 aliphatic carbocycles. The molecule has 10 heteroatoms. The number of hydrogen-bond acceptors (Lipinski definition) is 6. The summed E-state index contributed by atoms with van der Waals surface area (Å²) in [4.78, 5) is 27.1. The fraction of sp³-hybridized carbons (Fsp3) is 0.333. The van der Waals surface area contributed by atoms with E-state index in [4.69, 9.17) is 32.5 Å². The first kappa shape index (κ1) is 19.2. The fourth-order valence-electron chi connectivity index (χ4n) is 2.03. The first-order valence-electron chi connectivity index (χ1n) is 7.17. The van der Waals surface area contributed by atoms with Crippen LogP contribution in [-0.2, 0) is 27.4 Å². The third kappa shape index (κ3) is 6.33. The summed E-state index contributed by atoms with van der Waals surface area (Å²) in [7, 11) is 0. The highest BCUT2D eigenvalue weighted by molar-refractivity contribution is 6.34. The Hall–Kier alpha value is -2.16. The van der Waals surface area contributed by atoms with Gasteiger partial charge in [-0.1, -0.05) is 28.4 Å². The second kappa shape index (κ2) is 8.80. The predicted octanol–water partition coefficient (Wildman–Crippen LogP) is 2.01. The minimum atomic E-state index is -1.18. The lowest BCUT2D eigenvalue weighted by Crippen LogP contribution is -2.43. The third-order valence-electron chi connectivity index (χ3n) is 3.02. The molecular formula is C15H15Cl2N3O5. The van der Waals surface area contributed by atoms with Gasteiger partial charge in [0, 0.05) is 16.5 Å². The third-order valence-corrected chi connectivity index (χ3v) is 3.46. The molecule has 2 aromatic rings. The molecule has 25 heavy (non-hydrogen) atoms. The number of carboxylic acid groups (broad SMARTS) is 1. The standard InChI is InChI=1S/C15H15Cl2N3O5/c1-8-18-14(25-20-8)7-24-6-13(21)19-12(15(22)23)4-9-2-10(16)5-11(17)3-9/h2-3,5,12H,4,6-7H2,1H3,(H,19,21)(H,22,23). The van der Waals surface area contributed by atoms with Gasteiger partial charge in [-0.3, -0.25) is 4.79 Å². The van der Waals surface area contributed by atoms with E-state index in [0.29, 0.717) is 21.4 Å². The van der Waals surface area contributed by atoms with E-state index < -0.39 is 17.9 Å². The van der Waals surface area contributed by atoms with Crippen molar-refractivity contribution in [3.8, 4) is 0 Å². The molecule has 0 spiro atoms.